The van der Waals surface area contributed by atoms with Crippen molar-refractivity contribution in [1.29, 1.82) is 0 Å². The number of nitrogens with one attached hydrogen (secondary N) is 1. The van der Waals surface area contributed by atoms with Crippen LogP contribution in [0.1, 0.15) is 37.9 Å². The summed E-state index contributed by atoms with van der Waals surface area (Å²) in [5.74, 6) is 1.36. The van der Waals surface area contributed by atoms with Crippen LogP contribution < -0.4 is 0 Å². The molecule has 7 heteroatoms. The van der Waals surface area contributed by atoms with Crippen molar-refractivity contribution < 1.29 is 0 Å². The molecule has 3 rings (SSSR count). The van der Waals surface area contributed by atoms with Gasteiger partial charge < -0.3 is 4.90 Å². The Morgan fingerprint density at radius 3 is 2.89 bits per heavy atom. The summed E-state index contributed by atoms with van der Waals surface area (Å²) < 4.78 is 2.69. The van der Waals surface area contributed by atoms with E-state index in [-0.39, 0.29) is 0 Å². The molecule has 98 valence electrons. The molecule has 1 N–H and O–H groups in total. The SMILES string of the molecule is CC(CN1CCCCC1)c1nnc2sc(=S)[nH]n12. The number of hydrogen-bond donors (Lipinski definition) is 1. The molecule has 1 fully saturated rings. The fourth-order valence-corrected chi connectivity index (χ4v) is 3.51. The van der Waals surface area contributed by atoms with E-state index in [0.29, 0.717) is 5.92 Å². The van der Waals surface area contributed by atoms with Crippen LogP contribution in [0.15, 0.2) is 0 Å². The highest BCUT2D eigenvalue weighted by molar-refractivity contribution is 7.73. The molecule has 1 saturated heterocycles. The maximum atomic E-state index is 5.14. The molecule has 0 amide bonds. The van der Waals surface area contributed by atoms with E-state index in [4.69, 9.17) is 12.2 Å². The third kappa shape index (κ3) is 2.34. The van der Waals surface area contributed by atoms with Crippen molar-refractivity contribution in [3.05, 3.63) is 9.78 Å². The number of piperidine rings is 1. The molecule has 3 heterocycles. The number of H-pyrrole nitrogens is 1. The summed E-state index contributed by atoms with van der Waals surface area (Å²) in [4.78, 5) is 3.39. The zero-order valence-electron chi connectivity index (χ0n) is 10.4. The van der Waals surface area contributed by atoms with Gasteiger partial charge in [0.15, 0.2) is 9.78 Å². The lowest BCUT2D eigenvalue weighted by Gasteiger charge is -2.28. The second kappa shape index (κ2) is 5.07. The van der Waals surface area contributed by atoms with Crippen LogP contribution in [0.25, 0.3) is 4.96 Å². The Morgan fingerprint density at radius 2 is 2.11 bits per heavy atom. The molecule has 1 aliphatic rings. The largest absolute Gasteiger partial charge is 0.303 e. The summed E-state index contributed by atoms with van der Waals surface area (Å²) in [5.41, 5.74) is 0. The van der Waals surface area contributed by atoms with Crippen molar-refractivity contribution in [2.45, 2.75) is 32.1 Å². The van der Waals surface area contributed by atoms with Crippen LogP contribution in [-0.2, 0) is 0 Å². The van der Waals surface area contributed by atoms with Crippen molar-refractivity contribution in [3.63, 3.8) is 0 Å². The van der Waals surface area contributed by atoms with E-state index in [1.165, 1.54) is 43.7 Å². The minimum atomic E-state index is 0.373. The number of aromatic nitrogens is 4. The number of hydrogen-bond acceptors (Lipinski definition) is 5. The molecule has 0 spiro atoms. The smallest absolute Gasteiger partial charge is 0.233 e. The van der Waals surface area contributed by atoms with Crippen LogP contribution in [0.3, 0.4) is 0 Å². The van der Waals surface area contributed by atoms with Crippen molar-refractivity contribution in [3.8, 4) is 0 Å². The number of rotatable bonds is 3. The lowest BCUT2D eigenvalue weighted by Crippen LogP contribution is -2.33. The average molecular weight is 283 g/mol. The number of aromatic amines is 1. The van der Waals surface area contributed by atoms with Gasteiger partial charge in [-0.15, -0.1) is 10.2 Å². The average Bonchev–Trinajstić information content (AvgIpc) is 2.88. The summed E-state index contributed by atoms with van der Waals surface area (Å²) in [5, 5.41) is 11.6. The molecular weight excluding hydrogens is 266 g/mol. The molecular formula is C11H17N5S2. The van der Waals surface area contributed by atoms with Gasteiger partial charge in [0.05, 0.1) is 0 Å². The van der Waals surface area contributed by atoms with Gasteiger partial charge in [0, 0.05) is 12.5 Å². The minimum absolute atomic E-state index is 0.373. The molecule has 5 nitrogen and oxygen atoms in total. The maximum Gasteiger partial charge on any atom is 0.233 e. The van der Waals surface area contributed by atoms with Crippen LogP contribution in [-0.4, -0.2) is 44.3 Å². The normalized spacial score (nSPS) is 19.4. The summed E-state index contributed by atoms with van der Waals surface area (Å²) in [6, 6.07) is 0. The summed E-state index contributed by atoms with van der Waals surface area (Å²) in [6.07, 6.45) is 4.02. The fraction of sp³-hybridized carbons (Fsp3) is 0.727. The Morgan fingerprint density at radius 1 is 1.33 bits per heavy atom. The maximum absolute atomic E-state index is 5.14. The Kier molecular flexibility index (Phi) is 3.45. The first-order valence-electron chi connectivity index (χ1n) is 6.40. The molecule has 0 saturated carbocycles. The van der Waals surface area contributed by atoms with E-state index >= 15 is 0 Å². The Labute approximate surface area is 115 Å². The number of fused-ring (bicyclic) bond motifs is 1. The van der Waals surface area contributed by atoms with E-state index in [2.05, 4.69) is 27.1 Å². The molecule has 0 bridgehead atoms. The quantitative estimate of drug-likeness (QED) is 0.879. The van der Waals surface area contributed by atoms with Gasteiger partial charge in [-0.3, -0.25) is 5.10 Å². The highest BCUT2D eigenvalue weighted by atomic mass is 32.1. The molecule has 2 aromatic rings. The van der Waals surface area contributed by atoms with Gasteiger partial charge in [0.25, 0.3) is 0 Å². The van der Waals surface area contributed by atoms with Gasteiger partial charge in [0.1, 0.15) is 0 Å². The molecule has 0 radical (unpaired) electrons. The van der Waals surface area contributed by atoms with Crippen LogP contribution in [0.4, 0.5) is 0 Å². The fourth-order valence-electron chi connectivity index (χ4n) is 2.58. The summed E-state index contributed by atoms with van der Waals surface area (Å²) >= 11 is 6.61. The van der Waals surface area contributed by atoms with Gasteiger partial charge in [-0.1, -0.05) is 24.7 Å². The van der Waals surface area contributed by atoms with Crippen LogP contribution >= 0.6 is 23.6 Å². The predicted molar refractivity (Wildman–Crippen MR) is 74.8 cm³/mol. The van der Waals surface area contributed by atoms with Crippen molar-refractivity contribution in [2.75, 3.05) is 19.6 Å². The molecule has 0 aliphatic carbocycles. The van der Waals surface area contributed by atoms with Gasteiger partial charge in [-0.05, 0) is 38.1 Å². The van der Waals surface area contributed by atoms with Crippen LogP contribution in [0.2, 0.25) is 0 Å². The topological polar surface area (TPSA) is 49.2 Å². The molecule has 18 heavy (non-hydrogen) atoms. The molecule has 1 aliphatic heterocycles. The van der Waals surface area contributed by atoms with E-state index in [9.17, 15) is 0 Å². The minimum Gasteiger partial charge on any atom is -0.303 e. The highest BCUT2D eigenvalue weighted by Crippen LogP contribution is 2.19. The first-order chi connectivity index (χ1) is 8.74. The second-order valence-electron chi connectivity index (χ2n) is 4.94. The predicted octanol–water partition coefficient (Wildman–Crippen LogP) is 2.44. The van der Waals surface area contributed by atoms with Crippen molar-refractivity contribution in [1.82, 2.24) is 24.7 Å². The Hall–Kier alpha value is -0.790. The summed E-state index contributed by atoms with van der Waals surface area (Å²) in [6.45, 7) is 5.69. The second-order valence-corrected chi connectivity index (χ2v) is 6.58. The van der Waals surface area contributed by atoms with E-state index in [1.54, 1.807) is 0 Å². The summed E-state index contributed by atoms with van der Waals surface area (Å²) in [7, 11) is 0. The Balaban J connectivity index is 1.78. The van der Waals surface area contributed by atoms with E-state index in [0.717, 1.165) is 21.3 Å². The number of likely N-dealkylation sites (tertiary alicyclic amines) is 1. The first-order valence-corrected chi connectivity index (χ1v) is 7.63. The van der Waals surface area contributed by atoms with Crippen molar-refractivity contribution in [2.24, 2.45) is 0 Å². The van der Waals surface area contributed by atoms with Gasteiger partial charge in [0.2, 0.25) is 4.96 Å². The van der Waals surface area contributed by atoms with E-state index < -0.39 is 0 Å². The van der Waals surface area contributed by atoms with Gasteiger partial charge >= 0.3 is 0 Å². The zero-order chi connectivity index (χ0) is 12.5. The highest BCUT2D eigenvalue weighted by Gasteiger charge is 2.19. The van der Waals surface area contributed by atoms with Gasteiger partial charge in [-0.2, -0.15) is 0 Å². The third-order valence-electron chi connectivity index (χ3n) is 3.47. The lowest BCUT2D eigenvalue weighted by molar-refractivity contribution is 0.216. The monoisotopic (exact) mass is 283 g/mol. The third-order valence-corrected chi connectivity index (χ3v) is 4.53. The lowest BCUT2D eigenvalue weighted by atomic mass is 10.1. The molecule has 1 unspecified atom stereocenters. The molecule has 0 aromatic carbocycles. The molecule has 2 aromatic heterocycles. The Bertz CT molecular complexity index is 578. The van der Waals surface area contributed by atoms with Crippen molar-refractivity contribution >= 4 is 28.5 Å². The first kappa shape index (κ1) is 12.3. The zero-order valence-corrected chi connectivity index (χ0v) is 12.1. The molecule has 1 atom stereocenters. The standard InChI is InChI=1S/C11H17N5S2/c1-8(7-15-5-3-2-4-6-15)9-12-13-10-16(9)14-11(17)18-10/h8H,2-7H2,1H3,(H,14,17). The van der Waals surface area contributed by atoms with E-state index in [1.807, 2.05) is 4.52 Å². The van der Waals surface area contributed by atoms with Gasteiger partial charge in [-0.25, -0.2) is 4.52 Å². The van der Waals surface area contributed by atoms with Crippen LogP contribution in [0.5, 0.6) is 0 Å². The number of nitrogens with zero attached hydrogens (tertiary/aromatic N) is 4. The van der Waals surface area contributed by atoms with Crippen LogP contribution in [0, 0.1) is 3.95 Å².